The van der Waals surface area contributed by atoms with Crippen molar-refractivity contribution in [2.45, 2.75) is 0 Å². The molecule has 5 heteroatoms. The maximum atomic E-state index is 11.9. The van der Waals surface area contributed by atoms with Gasteiger partial charge in [-0.05, 0) is 46.9 Å². The van der Waals surface area contributed by atoms with E-state index in [4.69, 9.17) is 5.73 Å². The van der Waals surface area contributed by atoms with Crippen molar-refractivity contribution < 1.29 is 4.79 Å². The second kappa shape index (κ2) is 4.97. The van der Waals surface area contributed by atoms with Crippen molar-refractivity contribution in [2.75, 3.05) is 13.7 Å². The molecule has 0 saturated carbocycles. The molecule has 2 aromatic rings. The number of rotatable bonds is 2. The Bertz CT molecular complexity index is 571. The number of fused-ring (bicyclic) bond motifs is 1. The fourth-order valence-corrected chi connectivity index (χ4v) is 2.01. The summed E-state index contributed by atoms with van der Waals surface area (Å²) in [5.41, 5.74) is 6.66. The first-order valence-corrected chi connectivity index (χ1v) is 6.21. The Morgan fingerprint density at radius 1 is 1.41 bits per heavy atom. The topological polar surface area (TPSA) is 59.2 Å². The van der Waals surface area contributed by atoms with Crippen LogP contribution in [0.15, 0.2) is 30.3 Å². The van der Waals surface area contributed by atoms with Crippen LogP contribution in [-0.2, 0) is 0 Å². The average Bonchev–Trinajstić information content (AvgIpc) is 2.36. The Morgan fingerprint density at radius 2 is 2.18 bits per heavy atom. The quantitative estimate of drug-likeness (QED) is 0.670. The highest BCUT2D eigenvalue weighted by molar-refractivity contribution is 14.1. The summed E-state index contributed by atoms with van der Waals surface area (Å²) in [6, 6.07) is 9.55. The van der Waals surface area contributed by atoms with Crippen LogP contribution in [0.25, 0.3) is 10.9 Å². The van der Waals surface area contributed by atoms with E-state index in [-0.39, 0.29) is 12.6 Å². The third-order valence-electron chi connectivity index (χ3n) is 2.49. The number of nitrogens with zero attached hydrogens (tertiary/aromatic N) is 2. The molecule has 0 bridgehead atoms. The van der Waals surface area contributed by atoms with E-state index in [1.54, 1.807) is 13.1 Å². The van der Waals surface area contributed by atoms with Crippen LogP contribution >= 0.6 is 22.6 Å². The fraction of sp³-hybridized carbons (Fsp3) is 0.167. The highest BCUT2D eigenvalue weighted by Crippen LogP contribution is 2.16. The summed E-state index contributed by atoms with van der Waals surface area (Å²) in [6.07, 6.45) is 0. The van der Waals surface area contributed by atoms with Gasteiger partial charge in [-0.25, -0.2) is 4.98 Å². The summed E-state index contributed by atoms with van der Waals surface area (Å²) in [6.45, 7) is 0.186. The zero-order chi connectivity index (χ0) is 12.4. The van der Waals surface area contributed by atoms with Crippen molar-refractivity contribution in [3.63, 3.8) is 0 Å². The molecule has 4 nitrogen and oxygen atoms in total. The minimum atomic E-state index is -0.159. The lowest BCUT2D eigenvalue weighted by Gasteiger charge is -2.13. The summed E-state index contributed by atoms with van der Waals surface area (Å²) in [4.78, 5) is 17.6. The molecule has 2 N–H and O–H groups in total. The zero-order valence-electron chi connectivity index (χ0n) is 9.35. The van der Waals surface area contributed by atoms with Crippen LogP contribution in [0, 0.1) is 3.57 Å². The molecular weight excluding hydrogens is 329 g/mol. The molecule has 1 heterocycles. The van der Waals surface area contributed by atoms with Crippen LogP contribution in [0.1, 0.15) is 10.5 Å². The van der Waals surface area contributed by atoms with Gasteiger partial charge >= 0.3 is 0 Å². The van der Waals surface area contributed by atoms with Crippen LogP contribution in [0.2, 0.25) is 0 Å². The molecular formula is C12H12IN3O. The van der Waals surface area contributed by atoms with E-state index in [0.717, 1.165) is 14.5 Å². The standard InChI is InChI=1S/C12H12IN3O/c1-16(7-14)12(17)11-4-2-8-6-9(13)3-5-10(8)15-11/h2-6H,7,14H2,1H3. The van der Waals surface area contributed by atoms with Gasteiger partial charge < -0.3 is 10.6 Å². The summed E-state index contributed by atoms with van der Waals surface area (Å²) >= 11 is 2.25. The Kier molecular flexibility index (Phi) is 3.58. The Labute approximate surface area is 113 Å². The maximum absolute atomic E-state index is 11.9. The van der Waals surface area contributed by atoms with E-state index >= 15 is 0 Å². The molecule has 2 rings (SSSR count). The van der Waals surface area contributed by atoms with Crippen molar-refractivity contribution >= 4 is 39.4 Å². The van der Waals surface area contributed by atoms with Crippen LogP contribution in [0.4, 0.5) is 0 Å². The van der Waals surface area contributed by atoms with Crippen molar-refractivity contribution in [2.24, 2.45) is 5.73 Å². The first-order valence-electron chi connectivity index (χ1n) is 5.13. The molecule has 1 aromatic heterocycles. The minimum absolute atomic E-state index is 0.159. The molecule has 17 heavy (non-hydrogen) atoms. The summed E-state index contributed by atoms with van der Waals surface area (Å²) in [5, 5.41) is 1.03. The predicted octanol–water partition coefficient (Wildman–Crippen LogP) is 1.83. The third kappa shape index (κ3) is 2.55. The molecule has 0 aliphatic rings. The molecule has 1 amide bonds. The molecule has 1 aromatic carbocycles. The van der Waals surface area contributed by atoms with Crippen LogP contribution in [0.5, 0.6) is 0 Å². The molecule has 0 radical (unpaired) electrons. The molecule has 0 unspecified atom stereocenters. The monoisotopic (exact) mass is 341 g/mol. The molecule has 88 valence electrons. The van der Waals surface area contributed by atoms with Gasteiger partial charge in [0.25, 0.3) is 5.91 Å². The number of halogens is 1. The lowest BCUT2D eigenvalue weighted by Crippen LogP contribution is -2.32. The Hall–Kier alpha value is -1.21. The number of hydrogen-bond donors (Lipinski definition) is 1. The van der Waals surface area contributed by atoms with E-state index < -0.39 is 0 Å². The second-order valence-corrected chi connectivity index (χ2v) is 4.96. The molecule has 0 aliphatic carbocycles. The molecule has 0 aliphatic heterocycles. The van der Waals surface area contributed by atoms with Crippen molar-refractivity contribution in [1.82, 2.24) is 9.88 Å². The average molecular weight is 341 g/mol. The van der Waals surface area contributed by atoms with Gasteiger partial charge in [-0.2, -0.15) is 0 Å². The third-order valence-corrected chi connectivity index (χ3v) is 3.16. The van der Waals surface area contributed by atoms with Gasteiger partial charge in [0.15, 0.2) is 0 Å². The van der Waals surface area contributed by atoms with E-state index in [1.807, 2.05) is 24.3 Å². The number of benzene rings is 1. The van der Waals surface area contributed by atoms with Crippen LogP contribution in [-0.4, -0.2) is 29.5 Å². The summed E-state index contributed by atoms with van der Waals surface area (Å²) in [5.74, 6) is -0.159. The minimum Gasteiger partial charge on any atom is -0.328 e. The number of carbonyl (C=O) groups excluding carboxylic acids is 1. The van der Waals surface area contributed by atoms with Crippen molar-refractivity contribution in [3.8, 4) is 0 Å². The van der Waals surface area contributed by atoms with Gasteiger partial charge in [-0.15, -0.1) is 0 Å². The number of hydrogen-bond acceptors (Lipinski definition) is 3. The highest BCUT2D eigenvalue weighted by Gasteiger charge is 2.11. The Morgan fingerprint density at radius 3 is 2.88 bits per heavy atom. The number of nitrogens with two attached hydrogens (primary N) is 1. The van der Waals surface area contributed by atoms with E-state index in [0.29, 0.717) is 5.69 Å². The number of pyridine rings is 1. The van der Waals surface area contributed by atoms with Gasteiger partial charge in [0.05, 0.1) is 12.2 Å². The van der Waals surface area contributed by atoms with Gasteiger partial charge in [0, 0.05) is 16.0 Å². The van der Waals surface area contributed by atoms with E-state index in [2.05, 4.69) is 27.6 Å². The van der Waals surface area contributed by atoms with Crippen LogP contribution in [0.3, 0.4) is 0 Å². The SMILES string of the molecule is CN(CN)C(=O)c1ccc2cc(I)ccc2n1. The van der Waals surface area contributed by atoms with Crippen LogP contribution < -0.4 is 5.73 Å². The summed E-state index contributed by atoms with van der Waals surface area (Å²) < 4.78 is 1.15. The smallest absolute Gasteiger partial charge is 0.273 e. The maximum Gasteiger partial charge on any atom is 0.273 e. The number of aromatic nitrogens is 1. The molecule has 0 fully saturated rings. The molecule has 0 atom stereocenters. The van der Waals surface area contributed by atoms with Gasteiger partial charge in [-0.1, -0.05) is 6.07 Å². The second-order valence-electron chi connectivity index (χ2n) is 3.72. The zero-order valence-corrected chi connectivity index (χ0v) is 11.5. The lowest BCUT2D eigenvalue weighted by atomic mass is 10.2. The van der Waals surface area contributed by atoms with Gasteiger partial charge in [0.1, 0.15) is 5.69 Å². The van der Waals surface area contributed by atoms with Crippen molar-refractivity contribution in [3.05, 3.63) is 39.6 Å². The molecule has 0 saturated heterocycles. The first kappa shape index (κ1) is 12.3. The highest BCUT2D eigenvalue weighted by atomic mass is 127. The first-order chi connectivity index (χ1) is 8.11. The van der Waals surface area contributed by atoms with E-state index in [9.17, 15) is 4.79 Å². The summed E-state index contributed by atoms with van der Waals surface area (Å²) in [7, 11) is 1.65. The van der Waals surface area contributed by atoms with Gasteiger partial charge in [-0.3, -0.25) is 4.79 Å². The fourth-order valence-electron chi connectivity index (χ4n) is 1.49. The normalized spacial score (nSPS) is 10.5. The number of carbonyl (C=O) groups is 1. The Balaban J connectivity index is 2.45. The largest absolute Gasteiger partial charge is 0.328 e. The van der Waals surface area contributed by atoms with Gasteiger partial charge in [0.2, 0.25) is 0 Å². The lowest BCUT2D eigenvalue weighted by molar-refractivity contribution is 0.0793. The van der Waals surface area contributed by atoms with Crippen molar-refractivity contribution in [1.29, 1.82) is 0 Å². The number of amides is 1. The predicted molar refractivity (Wildman–Crippen MR) is 75.6 cm³/mol. The van der Waals surface area contributed by atoms with E-state index in [1.165, 1.54) is 4.90 Å². The molecule has 0 spiro atoms.